The van der Waals surface area contributed by atoms with Crippen molar-refractivity contribution in [3.63, 3.8) is 0 Å². The van der Waals surface area contributed by atoms with Crippen molar-refractivity contribution in [2.45, 2.75) is 121 Å². The lowest BCUT2D eigenvalue weighted by Crippen LogP contribution is -2.46. The maximum absolute atomic E-state index is 12.9. The Morgan fingerprint density at radius 1 is 1.23 bits per heavy atom. The summed E-state index contributed by atoms with van der Waals surface area (Å²) in [4.78, 5) is 24.1. The zero-order valence-electron chi connectivity index (χ0n) is 24.0. The number of fused-ring (bicyclic) bond motifs is 2. The molecule has 2 aromatic rings. The zero-order chi connectivity index (χ0) is 28.7. The topological polar surface area (TPSA) is 134 Å². The van der Waals surface area contributed by atoms with Crippen molar-refractivity contribution in [2.75, 3.05) is 18.5 Å². The largest absolute Gasteiger partial charge is 0.444 e. The van der Waals surface area contributed by atoms with E-state index in [1.807, 2.05) is 27.7 Å². The minimum Gasteiger partial charge on any atom is -0.444 e. The summed E-state index contributed by atoms with van der Waals surface area (Å²) in [6, 6.07) is -0.264. The number of nitrogens with zero attached hydrogens (tertiary/aromatic N) is 4. The third kappa shape index (κ3) is 5.54. The third-order valence-corrected chi connectivity index (χ3v) is 8.99. The van der Waals surface area contributed by atoms with E-state index >= 15 is 0 Å². The highest BCUT2D eigenvalue weighted by molar-refractivity contribution is 6.30. The highest BCUT2D eigenvalue weighted by Gasteiger charge is 2.48. The summed E-state index contributed by atoms with van der Waals surface area (Å²) in [6.07, 6.45) is 7.52. The van der Waals surface area contributed by atoms with Gasteiger partial charge in [0.2, 0.25) is 0 Å². The number of carbonyl (C=O) groups excluding carboxylic acids is 1. The molecule has 1 spiro atoms. The molecule has 1 saturated heterocycles. The van der Waals surface area contributed by atoms with E-state index in [1.165, 1.54) is 0 Å². The van der Waals surface area contributed by atoms with E-state index in [4.69, 9.17) is 25.8 Å². The van der Waals surface area contributed by atoms with E-state index in [9.17, 15) is 15.0 Å². The molecule has 10 nitrogen and oxygen atoms in total. The number of likely N-dealkylation sites (tertiary alicyclic amines) is 1. The molecule has 0 aromatic carbocycles. The number of halogens is 1. The van der Waals surface area contributed by atoms with Gasteiger partial charge in [0.05, 0.1) is 17.6 Å². The van der Waals surface area contributed by atoms with Gasteiger partial charge in [-0.1, -0.05) is 29.6 Å². The van der Waals surface area contributed by atoms with E-state index in [0.717, 1.165) is 69.1 Å². The molecule has 220 valence electrons. The average Bonchev–Trinajstić information content (AvgIpc) is 3.55. The van der Waals surface area contributed by atoms with Crippen LogP contribution in [0.25, 0.3) is 11.5 Å². The van der Waals surface area contributed by atoms with Gasteiger partial charge in [-0.05, 0) is 72.6 Å². The van der Waals surface area contributed by atoms with Crippen LogP contribution in [0, 0.1) is 0 Å². The van der Waals surface area contributed by atoms with Crippen molar-refractivity contribution >= 4 is 23.5 Å². The van der Waals surface area contributed by atoms with Crippen LogP contribution in [0.2, 0.25) is 5.15 Å². The molecule has 5 rings (SSSR count). The van der Waals surface area contributed by atoms with Gasteiger partial charge in [0, 0.05) is 36.7 Å². The molecule has 1 saturated carbocycles. The molecule has 1 amide bonds. The highest BCUT2D eigenvalue weighted by atomic mass is 35.5. The van der Waals surface area contributed by atoms with Crippen LogP contribution in [-0.4, -0.2) is 73.3 Å². The Balaban J connectivity index is 1.46. The number of aromatic nitrogens is 3. The molecule has 2 fully saturated rings. The molecule has 2 unspecified atom stereocenters. The van der Waals surface area contributed by atoms with Gasteiger partial charge in [-0.25, -0.2) is 14.8 Å². The summed E-state index contributed by atoms with van der Waals surface area (Å²) >= 11 is 6.69. The number of hydrogen-bond acceptors (Lipinski definition) is 9. The Morgan fingerprint density at radius 2 is 2.00 bits per heavy atom. The van der Waals surface area contributed by atoms with Crippen LogP contribution >= 0.6 is 11.6 Å². The van der Waals surface area contributed by atoms with E-state index in [0.29, 0.717) is 29.4 Å². The maximum Gasteiger partial charge on any atom is 0.410 e. The van der Waals surface area contributed by atoms with E-state index < -0.39 is 17.1 Å². The molecule has 1 aliphatic heterocycles. The SMILES string of the molecule is CC(Nc1nc(-c2noc3c2CCC[C@@]32CCCCC2O)nc(Cl)c1CCO)[C@@H]1CCCN1C(=O)OC(C)(C)C. The van der Waals surface area contributed by atoms with Crippen LogP contribution in [0.15, 0.2) is 4.52 Å². The molecule has 4 atom stereocenters. The van der Waals surface area contributed by atoms with Gasteiger partial charge in [0.25, 0.3) is 0 Å². The Bertz CT molecular complexity index is 1230. The molecule has 3 aliphatic rings. The zero-order valence-corrected chi connectivity index (χ0v) is 24.8. The number of hydrogen-bond donors (Lipinski definition) is 3. The minimum absolute atomic E-state index is 0.0959. The molecule has 3 N–H and O–H groups in total. The highest BCUT2D eigenvalue weighted by Crippen LogP contribution is 2.49. The number of amides is 1. The lowest BCUT2D eigenvalue weighted by molar-refractivity contribution is 0.0149. The lowest BCUT2D eigenvalue weighted by Gasteiger charge is -2.42. The molecule has 0 radical (unpaired) electrons. The first-order chi connectivity index (χ1) is 19.0. The van der Waals surface area contributed by atoms with Gasteiger partial charge in [-0.15, -0.1) is 0 Å². The lowest BCUT2D eigenvalue weighted by atomic mass is 9.63. The van der Waals surface area contributed by atoms with Gasteiger partial charge in [0.15, 0.2) is 11.5 Å². The van der Waals surface area contributed by atoms with Gasteiger partial charge < -0.3 is 29.7 Å². The van der Waals surface area contributed by atoms with Crippen LogP contribution < -0.4 is 5.32 Å². The maximum atomic E-state index is 12.9. The van der Waals surface area contributed by atoms with Crippen LogP contribution in [0.3, 0.4) is 0 Å². The molecule has 0 bridgehead atoms. The molecule has 40 heavy (non-hydrogen) atoms. The number of ether oxygens (including phenoxy) is 1. The van der Waals surface area contributed by atoms with E-state index in [-0.39, 0.29) is 36.4 Å². The molecule has 11 heteroatoms. The van der Waals surface area contributed by atoms with Crippen LogP contribution in [-0.2, 0) is 23.0 Å². The third-order valence-electron chi connectivity index (χ3n) is 8.68. The van der Waals surface area contributed by atoms with Crippen molar-refractivity contribution in [3.8, 4) is 11.5 Å². The second kappa shape index (κ2) is 11.4. The number of aliphatic hydroxyl groups excluding tert-OH is 2. The molecular weight excluding hydrogens is 534 g/mol. The summed E-state index contributed by atoms with van der Waals surface area (Å²) in [7, 11) is 0. The summed E-state index contributed by atoms with van der Waals surface area (Å²) < 4.78 is 11.6. The predicted octanol–water partition coefficient (Wildman–Crippen LogP) is 5.03. The van der Waals surface area contributed by atoms with Gasteiger partial charge >= 0.3 is 6.09 Å². The van der Waals surface area contributed by atoms with Crippen molar-refractivity contribution in [3.05, 3.63) is 22.0 Å². The first-order valence-corrected chi connectivity index (χ1v) is 15.0. The summed E-state index contributed by atoms with van der Waals surface area (Å²) in [5, 5.41) is 28.9. The van der Waals surface area contributed by atoms with Crippen molar-refractivity contribution in [2.24, 2.45) is 0 Å². The van der Waals surface area contributed by atoms with Crippen LogP contribution in [0.4, 0.5) is 10.6 Å². The standard InChI is InChI=1S/C29H42ClN5O5/c1-17(20-10-8-15-35(20)27(38)39-28(2,3)4)31-25-19(12-16-36)24(30)32-26(33-25)22-18-9-7-14-29(23(18)40-34-22)13-6-5-11-21(29)37/h17,20-21,36-37H,5-16H2,1-4H3,(H,31,32,33)/t17?,20-,21?,29+/m0/s1. The van der Waals surface area contributed by atoms with Crippen molar-refractivity contribution < 1.29 is 24.3 Å². The molecule has 2 aromatic heterocycles. The molecule has 3 heterocycles. The normalized spacial score (nSPS) is 25.6. The Kier molecular flexibility index (Phi) is 8.32. The monoisotopic (exact) mass is 575 g/mol. The number of rotatable bonds is 6. The first-order valence-electron chi connectivity index (χ1n) is 14.6. The van der Waals surface area contributed by atoms with E-state index in [1.54, 1.807) is 4.90 Å². The van der Waals surface area contributed by atoms with Crippen LogP contribution in [0.1, 0.15) is 95.9 Å². The number of aliphatic hydroxyl groups is 2. The minimum atomic E-state index is -0.576. The smallest absolute Gasteiger partial charge is 0.410 e. The van der Waals surface area contributed by atoms with Gasteiger partial charge in [0.1, 0.15) is 22.3 Å². The number of carbonyl (C=O) groups is 1. The fraction of sp³-hybridized carbons (Fsp3) is 0.724. The Labute approximate surface area is 240 Å². The Morgan fingerprint density at radius 3 is 2.73 bits per heavy atom. The van der Waals surface area contributed by atoms with Crippen molar-refractivity contribution in [1.82, 2.24) is 20.0 Å². The fourth-order valence-corrected chi connectivity index (χ4v) is 7.03. The van der Waals surface area contributed by atoms with Crippen LogP contribution in [0.5, 0.6) is 0 Å². The van der Waals surface area contributed by atoms with Gasteiger partial charge in [-0.2, -0.15) is 0 Å². The molecule has 2 aliphatic carbocycles. The summed E-state index contributed by atoms with van der Waals surface area (Å²) in [5.74, 6) is 1.62. The van der Waals surface area contributed by atoms with Crippen molar-refractivity contribution in [1.29, 1.82) is 0 Å². The summed E-state index contributed by atoms with van der Waals surface area (Å²) in [6.45, 7) is 8.12. The van der Waals surface area contributed by atoms with Gasteiger partial charge in [-0.3, -0.25) is 0 Å². The first kappa shape index (κ1) is 29.1. The Hall–Kier alpha value is -2.43. The average molecular weight is 576 g/mol. The molecular formula is C29H42ClN5O5. The van der Waals surface area contributed by atoms with E-state index in [2.05, 4.69) is 15.5 Å². The second-order valence-electron chi connectivity index (χ2n) is 12.6. The fourth-order valence-electron chi connectivity index (χ4n) is 6.77. The second-order valence-corrected chi connectivity index (χ2v) is 12.9. The number of nitrogens with one attached hydrogen (secondary N) is 1. The predicted molar refractivity (Wildman–Crippen MR) is 151 cm³/mol. The number of anilines is 1. The summed E-state index contributed by atoms with van der Waals surface area (Å²) in [5.41, 5.74) is 1.13. The quantitative estimate of drug-likeness (QED) is 0.405.